The minimum Gasteiger partial charge on any atom is -0.477 e. The number of aliphatic hydroxyl groups is 11. The maximum Gasteiger partial charge on any atom is 0.364 e. The number of aliphatic hydroxyl groups excluding tert-OH is 11. The molecule has 0 aromatic carbocycles. The van der Waals surface area contributed by atoms with Crippen molar-refractivity contribution in [2.24, 2.45) is 5.73 Å². The van der Waals surface area contributed by atoms with Gasteiger partial charge in [-0.25, -0.2) is 4.79 Å². The van der Waals surface area contributed by atoms with E-state index in [1.54, 1.807) is 0 Å². The first-order valence-corrected chi connectivity index (χ1v) is 20.2. The summed E-state index contributed by atoms with van der Waals surface area (Å²) in [6.45, 7) is 1.11. The third-order valence-electron chi connectivity index (χ3n) is 11.1. The summed E-state index contributed by atoms with van der Waals surface area (Å²) >= 11 is 0. The smallest absolute Gasteiger partial charge is 0.364 e. The number of hydrogen-bond donors (Lipinski definition) is 15. The summed E-state index contributed by atoms with van der Waals surface area (Å²) in [6, 6.07) is -2.91. The first-order valence-electron chi connectivity index (χ1n) is 20.2. The summed E-state index contributed by atoms with van der Waals surface area (Å²) in [5, 5.41) is 132. The number of aliphatic carboxylic acids is 1. The second-order valence-corrected chi connectivity index (χ2v) is 15.8. The Morgan fingerprint density at radius 1 is 0.758 bits per heavy atom. The molecule has 26 nitrogen and oxygen atoms in total. The van der Waals surface area contributed by atoms with Gasteiger partial charge in [-0.2, -0.15) is 0 Å². The standard InChI is InChI=1S/C36H63N3O23/c1-13-22(46)25(49)27(51)33(57-13)61-31-21(39-15(3)43)32(55-8-6-4-5-7-37)58-18(11-41)29(31)60-34-28(52)26(50)24(48)19(59-34)12-56-36(35(53)54)9-16(44)20(38-14(2)42)30(62-36)23(47)17(45)10-40/h13,16-34,40-41,44-52H,4-12,37H2,1-3H3,(H,38,42)(H,39,43)(H,53,54)/t13-,16-,17+,18+,19+,20+,21+,22+,23+,24-,25+,26-,27-,28+,29+,30+,31+,32+,33-,34-,36+/m0/s1. The van der Waals surface area contributed by atoms with Gasteiger partial charge in [0, 0.05) is 26.9 Å². The average Bonchev–Trinajstić information content (AvgIpc) is 3.22. The second kappa shape index (κ2) is 23.2. The number of carboxylic acids is 1. The zero-order valence-electron chi connectivity index (χ0n) is 34.3. The summed E-state index contributed by atoms with van der Waals surface area (Å²) in [5.41, 5.74) is 5.59. The van der Waals surface area contributed by atoms with Gasteiger partial charge < -0.3 is 116 Å². The van der Waals surface area contributed by atoms with E-state index >= 15 is 0 Å². The molecule has 0 unspecified atom stereocenters. The van der Waals surface area contributed by atoms with Crippen molar-refractivity contribution in [3.05, 3.63) is 0 Å². The first-order chi connectivity index (χ1) is 29.2. The van der Waals surface area contributed by atoms with E-state index in [2.05, 4.69) is 10.6 Å². The van der Waals surface area contributed by atoms with Gasteiger partial charge in [0.1, 0.15) is 85.4 Å². The number of carbonyl (C=O) groups excluding carboxylic acids is 2. The number of unbranched alkanes of at least 4 members (excludes halogenated alkanes) is 2. The molecule has 21 atom stereocenters. The normalized spacial score (nSPS) is 42.4. The highest BCUT2D eigenvalue weighted by Crippen LogP contribution is 2.37. The molecule has 0 bridgehead atoms. The molecule has 0 aromatic heterocycles. The molecule has 0 saturated carbocycles. The van der Waals surface area contributed by atoms with Gasteiger partial charge in [-0.3, -0.25) is 9.59 Å². The van der Waals surface area contributed by atoms with Crippen LogP contribution in [-0.2, 0) is 52.3 Å². The summed E-state index contributed by atoms with van der Waals surface area (Å²) in [7, 11) is 0. The van der Waals surface area contributed by atoms with Crippen molar-refractivity contribution in [2.75, 3.05) is 33.0 Å². The van der Waals surface area contributed by atoms with Gasteiger partial charge in [-0.1, -0.05) is 0 Å². The molecule has 360 valence electrons. The molecule has 0 aliphatic carbocycles. The molecule has 4 aliphatic rings. The van der Waals surface area contributed by atoms with Crippen molar-refractivity contribution in [1.82, 2.24) is 10.6 Å². The SMILES string of the molecule is CC(=O)N[C@H]1[C@H](OCCCCCN)O[C@H](CO)[C@@H](O[C@@H]2O[C@H](CO[C@]3(C(=O)O)C[C@H](O)[C@@H](NC(C)=O)[C@H]([C@H](O)[C@H](O)CO)O3)[C@H](O)[C@H](O)[C@H]2O)[C@@H]1O[C@@H]1O[C@@H](C)[C@@H](O)[C@@H](O)[C@@H]1O. The van der Waals surface area contributed by atoms with Gasteiger partial charge in [0.25, 0.3) is 5.79 Å². The average molecular weight is 906 g/mol. The molecule has 4 aliphatic heterocycles. The zero-order chi connectivity index (χ0) is 46.2. The van der Waals surface area contributed by atoms with Crippen LogP contribution in [0, 0.1) is 0 Å². The number of nitrogens with two attached hydrogens (primary N) is 1. The van der Waals surface area contributed by atoms with Gasteiger partial charge >= 0.3 is 5.97 Å². The lowest BCUT2D eigenvalue weighted by molar-refractivity contribution is -0.377. The van der Waals surface area contributed by atoms with E-state index in [9.17, 15) is 75.7 Å². The molecule has 4 saturated heterocycles. The van der Waals surface area contributed by atoms with Crippen molar-refractivity contribution in [1.29, 1.82) is 0 Å². The van der Waals surface area contributed by atoms with Crippen LogP contribution < -0.4 is 16.4 Å². The van der Waals surface area contributed by atoms with Crippen LogP contribution in [0.2, 0.25) is 0 Å². The molecule has 4 rings (SSSR count). The third kappa shape index (κ3) is 12.3. The molecule has 4 fully saturated rings. The molecular formula is C36H63N3O23. The lowest BCUT2D eigenvalue weighted by atomic mass is 9.88. The number of amides is 2. The number of carboxylic acid groups (broad SMARTS) is 1. The Kier molecular flexibility index (Phi) is 19.5. The maximum atomic E-state index is 12.7. The van der Waals surface area contributed by atoms with Gasteiger partial charge in [-0.15, -0.1) is 0 Å². The molecule has 0 aromatic rings. The predicted octanol–water partition coefficient (Wildman–Crippen LogP) is -8.07. The van der Waals surface area contributed by atoms with Gasteiger partial charge in [0.15, 0.2) is 18.9 Å². The summed E-state index contributed by atoms with van der Waals surface area (Å²) in [4.78, 5) is 37.3. The lowest BCUT2D eigenvalue weighted by Gasteiger charge is -2.50. The van der Waals surface area contributed by atoms with E-state index in [4.69, 9.17) is 43.6 Å². The zero-order valence-corrected chi connectivity index (χ0v) is 34.3. The Morgan fingerprint density at radius 3 is 1.92 bits per heavy atom. The highest BCUT2D eigenvalue weighted by Gasteiger charge is 2.58. The Balaban J connectivity index is 1.65. The largest absolute Gasteiger partial charge is 0.477 e. The molecule has 2 amide bonds. The fraction of sp³-hybridized carbons (Fsp3) is 0.917. The minimum absolute atomic E-state index is 0.0616. The van der Waals surface area contributed by atoms with Crippen molar-refractivity contribution in [3.63, 3.8) is 0 Å². The Labute approximate surface area is 355 Å². The quantitative estimate of drug-likeness (QED) is 0.0505. The van der Waals surface area contributed by atoms with Crippen LogP contribution in [0.15, 0.2) is 0 Å². The lowest BCUT2D eigenvalue weighted by Crippen LogP contribution is -2.70. The number of carbonyl (C=O) groups is 3. The van der Waals surface area contributed by atoms with E-state index in [1.165, 1.54) is 6.92 Å². The number of hydrogen-bond acceptors (Lipinski definition) is 23. The van der Waals surface area contributed by atoms with Crippen LogP contribution in [0.1, 0.15) is 46.5 Å². The molecule has 26 heteroatoms. The number of ether oxygens (including phenoxy) is 8. The van der Waals surface area contributed by atoms with E-state index in [-0.39, 0.29) is 6.61 Å². The summed E-state index contributed by atoms with van der Waals surface area (Å²) < 4.78 is 46.9. The van der Waals surface area contributed by atoms with Crippen LogP contribution in [0.3, 0.4) is 0 Å². The van der Waals surface area contributed by atoms with Crippen LogP contribution in [0.4, 0.5) is 0 Å². The molecule has 16 N–H and O–H groups in total. The molecular weight excluding hydrogens is 842 g/mol. The number of nitrogens with one attached hydrogen (secondary N) is 2. The second-order valence-electron chi connectivity index (χ2n) is 15.8. The van der Waals surface area contributed by atoms with Gasteiger partial charge in [0.2, 0.25) is 11.8 Å². The molecule has 62 heavy (non-hydrogen) atoms. The van der Waals surface area contributed by atoms with Crippen LogP contribution >= 0.6 is 0 Å². The summed E-state index contributed by atoms with van der Waals surface area (Å²) in [6.07, 6.45) is -31.3. The third-order valence-corrected chi connectivity index (χ3v) is 11.1. The van der Waals surface area contributed by atoms with E-state index in [0.29, 0.717) is 25.8 Å². The molecule has 0 spiro atoms. The van der Waals surface area contributed by atoms with Crippen molar-refractivity contribution < 1.29 is 114 Å². The van der Waals surface area contributed by atoms with Crippen molar-refractivity contribution in [2.45, 2.75) is 175 Å². The van der Waals surface area contributed by atoms with Crippen LogP contribution in [-0.4, -0.2) is 240 Å². The maximum absolute atomic E-state index is 12.7. The Morgan fingerprint density at radius 2 is 1.34 bits per heavy atom. The predicted molar refractivity (Wildman–Crippen MR) is 200 cm³/mol. The highest BCUT2D eigenvalue weighted by molar-refractivity contribution is 5.76. The number of rotatable bonds is 20. The molecule has 0 radical (unpaired) electrons. The topological polar surface area (TPSA) is 418 Å². The van der Waals surface area contributed by atoms with Crippen LogP contribution in [0.5, 0.6) is 0 Å². The van der Waals surface area contributed by atoms with E-state index in [0.717, 1.165) is 13.8 Å². The molecule has 4 heterocycles. The minimum atomic E-state index is -2.91. The monoisotopic (exact) mass is 905 g/mol. The summed E-state index contributed by atoms with van der Waals surface area (Å²) in [5.74, 6) is -6.21. The van der Waals surface area contributed by atoms with Crippen molar-refractivity contribution >= 4 is 17.8 Å². The Bertz CT molecular complexity index is 1440. The fourth-order valence-electron chi connectivity index (χ4n) is 7.63. The van der Waals surface area contributed by atoms with Gasteiger partial charge in [0.05, 0.1) is 38.1 Å². The van der Waals surface area contributed by atoms with Crippen molar-refractivity contribution in [3.8, 4) is 0 Å². The van der Waals surface area contributed by atoms with Gasteiger partial charge in [-0.05, 0) is 32.7 Å². The van der Waals surface area contributed by atoms with Crippen LogP contribution in [0.25, 0.3) is 0 Å². The first kappa shape index (κ1) is 52.2. The fourth-order valence-corrected chi connectivity index (χ4v) is 7.63. The van der Waals surface area contributed by atoms with E-state index < -0.39 is 172 Å². The highest BCUT2D eigenvalue weighted by atomic mass is 16.8. The van der Waals surface area contributed by atoms with E-state index in [1.807, 2.05) is 0 Å². The Hall–Kier alpha value is -2.39.